The molecule has 1 aliphatic rings. The van der Waals surface area contributed by atoms with E-state index in [1.165, 1.54) is 12.1 Å². The Bertz CT molecular complexity index is 822. The van der Waals surface area contributed by atoms with Crippen LogP contribution < -0.4 is 10.1 Å². The molecule has 0 unspecified atom stereocenters. The lowest BCUT2D eigenvalue weighted by Crippen LogP contribution is -2.27. The minimum atomic E-state index is -0.551. The maximum atomic E-state index is 13.7. The Morgan fingerprint density at radius 1 is 1.15 bits per heavy atom. The van der Waals surface area contributed by atoms with Crippen molar-refractivity contribution in [3.05, 3.63) is 58.3 Å². The highest BCUT2D eigenvalue weighted by Crippen LogP contribution is 2.21. The monoisotopic (exact) mass is 420 g/mol. The van der Waals surface area contributed by atoms with Crippen LogP contribution in [0.2, 0.25) is 0 Å². The van der Waals surface area contributed by atoms with E-state index in [-0.39, 0.29) is 18.3 Å². The fourth-order valence-electron chi connectivity index (χ4n) is 2.77. The van der Waals surface area contributed by atoms with Crippen molar-refractivity contribution in [1.82, 2.24) is 4.90 Å². The van der Waals surface area contributed by atoms with Crippen LogP contribution in [0.3, 0.4) is 0 Å². The second kappa shape index (κ2) is 8.31. The van der Waals surface area contributed by atoms with Crippen LogP contribution >= 0.6 is 15.9 Å². The van der Waals surface area contributed by atoms with Crippen LogP contribution in [0.1, 0.15) is 23.2 Å². The largest absolute Gasteiger partial charge is 0.481 e. The topological polar surface area (TPSA) is 58.6 Å². The summed E-state index contributed by atoms with van der Waals surface area (Å²) in [4.78, 5) is 26.2. The molecule has 0 aliphatic carbocycles. The van der Waals surface area contributed by atoms with E-state index in [2.05, 4.69) is 21.2 Å². The van der Waals surface area contributed by atoms with Gasteiger partial charge in [0.05, 0.1) is 0 Å². The van der Waals surface area contributed by atoms with E-state index in [9.17, 15) is 14.0 Å². The molecule has 0 atom stereocenters. The van der Waals surface area contributed by atoms with Crippen molar-refractivity contribution >= 4 is 33.4 Å². The molecule has 1 saturated heterocycles. The quantitative estimate of drug-likeness (QED) is 0.798. The van der Waals surface area contributed by atoms with E-state index in [0.717, 1.165) is 25.9 Å². The summed E-state index contributed by atoms with van der Waals surface area (Å²) in [6, 6.07) is 11.1. The molecule has 1 heterocycles. The van der Waals surface area contributed by atoms with E-state index in [1.54, 1.807) is 35.2 Å². The molecule has 2 amide bonds. The fraction of sp³-hybridized carbons (Fsp3) is 0.263. The maximum absolute atomic E-state index is 13.7. The third-order valence-electron chi connectivity index (χ3n) is 4.04. The van der Waals surface area contributed by atoms with Crippen LogP contribution in [-0.4, -0.2) is 36.4 Å². The van der Waals surface area contributed by atoms with Gasteiger partial charge in [0.25, 0.3) is 11.8 Å². The number of nitrogens with zero attached hydrogens (tertiary/aromatic N) is 1. The first-order valence-electron chi connectivity index (χ1n) is 8.30. The molecule has 0 bridgehead atoms. The predicted molar refractivity (Wildman–Crippen MR) is 99.8 cm³/mol. The van der Waals surface area contributed by atoms with Crippen molar-refractivity contribution in [3.8, 4) is 5.75 Å². The van der Waals surface area contributed by atoms with E-state index < -0.39 is 11.7 Å². The van der Waals surface area contributed by atoms with Gasteiger partial charge in [0.1, 0.15) is 0 Å². The normalized spacial score (nSPS) is 13.5. The van der Waals surface area contributed by atoms with Crippen LogP contribution in [0.25, 0.3) is 0 Å². The molecule has 7 heteroatoms. The summed E-state index contributed by atoms with van der Waals surface area (Å²) in [6.07, 6.45) is 2.04. The zero-order valence-corrected chi connectivity index (χ0v) is 15.6. The first-order valence-corrected chi connectivity index (χ1v) is 9.09. The average Bonchev–Trinajstić information content (AvgIpc) is 3.15. The van der Waals surface area contributed by atoms with Crippen molar-refractivity contribution < 1.29 is 18.7 Å². The highest BCUT2D eigenvalue weighted by molar-refractivity contribution is 9.10. The van der Waals surface area contributed by atoms with Crippen LogP contribution in [0.15, 0.2) is 46.9 Å². The summed E-state index contributed by atoms with van der Waals surface area (Å²) < 4.78 is 19.5. The molecule has 3 rings (SSSR count). The van der Waals surface area contributed by atoms with Crippen molar-refractivity contribution in [2.75, 3.05) is 25.0 Å². The lowest BCUT2D eigenvalue weighted by Gasteiger charge is -2.16. The number of hydrogen-bond donors (Lipinski definition) is 1. The van der Waals surface area contributed by atoms with Gasteiger partial charge in [-0.05, 0) is 49.2 Å². The van der Waals surface area contributed by atoms with Crippen LogP contribution in [0, 0.1) is 5.82 Å². The number of carbonyl (C=O) groups is 2. The summed E-state index contributed by atoms with van der Waals surface area (Å²) in [6.45, 7) is 1.20. The zero-order chi connectivity index (χ0) is 18.5. The van der Waals surface area contributed by atoms with Gasteiger partial charge in [-0.2, -0.15) is 0 Å². The molecule has 0 radical (unpaired) electrons. The molecule has 136 valence electrons. The first-order chi connectivity index (χ1) is 12.5. The molecule has 5 nitrogen and oxygen atoms in total. The summed E-state index contributed by atoms with van der Waals surface area (Å²) in [5.41, 5.74) is 1.03. The average molecular weight is 421 g/mol. The molecule has 26 heavy (non-hydrogen) atoms. The molecule has 0 aromatic heterocycles. The summed E-state index contributed by atoms with van der Waals surface area (Å²) >= 11 is 3.16. The number of nitrogens with one attached hydrogen (secondary N) is 1. The van der Waals surface area contributed by atoms with Gasteiger partial charge >= 0.3 is 0 Å². The van der Waals surface area contributed by atoms with Crippen LogP contribution in [-0.2, 0) is 4.79 Å². The third-order valence-corrected chi connectivity index (χ3v) is 4.53. The van der Waals surface area contributed by atoms with Crippen molar-refractivity contribution in [2.24, 2.45) is 0 Å². The molecular formula is C19H18BrFN2O3. The molecule has 0 spiro atoms. The standard InChI is InChI=1S/C19H18BrFN2O3/c20-14-6-7-17(16(21)11-14)26-12-18(24)22-15-5-3-4-13(10-15)19(25)23-8-1-2-9-23/h3-7,10-11H,1-2,8-9,12H2,(H,22,24). The Morgan fingerprint density at radius 3 is 2.65 bits per heavy atom. The van der Waals surface area contributed by atoms with Gasteiger partial charge in [-0.15, -0.1) is 0 Å². The van der Waals surface area contributed by atoms with E-state index in [0.29, 0.717) is 15.7 Å². The van der Waals surface area contributed by atoms with E-state index in [4.69, 9.17) is 4.74 Å². The third kappa shape index (κ3) is 4.60. The van der Waals surface area contributed by atoms with Gasteiger partial charge in [0, 0.05) is 28.8 Å². The van der Waals surface area contributed by atoms with E-state index in [1.807, 2.05) is 0 Å². The zero-order valence-electron chi connectivity index (χ0n) is 14.0. The van der Waals surface area contributed by atoms with Gasteiger partial charge in [-0.3, -0.25) is 9.59 Å². The number of rotatable bonds is 5. The Hall–Kier alpha value is -2.41. The van der Waals surface area contributed by atoms with Gasteiger partial charge < -0.3 is 15.0 Å². The lowest BCUT2D eigenvalue weighted by atomic mass is 10.1. The van der Waals surface area contributed by atoms with Crippen LogP contribution in [0.5, 0.6) is 5.75 Å². The number of carbonyl (C=O) groups excluding carboxylic acids is 2. The SMILES string of the molecule is O=C(COc1ccc(Br)cc1F)Nc1cccc(C(=O)N2CCCC2)c1. The van der Waals surface area contributed by atoms with Crippen molar-refractivity contribution in [1.29, 1.82) is 0 Å². The Balaban J connectivity index is 1.58. The molecule has 1 fully saturated rings. The van der Waals surface area contributed by atoms with Crippen LogP contribution in [0.4, 0.5) is 10.1 Å². The lowest BCUT2D eigenvalue weighted by molar-refractivity contribution is -0.118. The van der Waals surface area contributed by atoms with Crippen molar-refractivity contribution in [3.63, 3.8) is 0 Å². The number of ether oxygens (including phenoxy) is 1. The molecule has 2 aromatic carbocycles. The van der Waals surface area contributed by atoms with E-state index >= 15 is 0 Å². The summed E-state index contributed by atoms with van der Waals surface area (Å²) in [5.74, 6) is -1.02. The molecule has 0 saturated carbocycles. The second-order valence-corrected chi connectivity index (χ2v) is 6.91. The summed E-state index contributed by atoms with van der Waals surface area (Å²) in [7, 11) is 0. The van der Waals surface area contributed by atoms with Gasteiger partial charge in [-0.25, -0.2) is 4.39 Å². The molecule has 2 aromatic rings. The number of halogens is 2. The predicted octanol–water partition coefficient (Wildman–Crippen LogP) is 3.84. The van der Waals surface area contributed by atoms with Crippen molar-refractivity contribution in [2.45, 2.75) is 12.8 Å². The Kier molecular flexibility index (Phi) is 5.88. The number of hydrogen-bond acceptors (Lipinski definition) is 3. The van der Waals surface area contributed by atoms with Gasteiger partial charge in [-0.1, -0.05) is 22.0 Å². The first kappa shape index (κ1) is 18.4. The Morgan fingerprint density at radius 2 is 1.92 bits per heavy atom. The summed E-state index contributed by atoms with van der Waals surface area (Å²) in [5, 5.41) is 2.66. The minimum absolute atomic E-state index is 0.00121. The highest BCUT2D eigenvalue weighted by Gasteiger charge is 2.19. The van der Waals surface area contributed by atoms with Gasteiger partial charge in [0.2, 0.25) is 0 Å². The molecule has 1 aliphatic heterocycles. The second-order valence-electron chi connectivity index (χ2n) is 5.99. The molecular weight excluding hydrogens is 403 g/mol. The number of anilines is 1. The minimum Gasteiger partial charge on any atom is -0.481 e. The number of benzene rings is 2. The smallest absolute Gasteiger partial charge is 0.262 e. The Labute approximate surface area is 159 Å². The number of amides is 2. The highest BCUT2D eigenvalue weighted by atomic mass is 79.9. The maximum Gasteiger partial charge on any atom is 0.262 e. The number of likely N-dealkylation sites (tertiary alicyclic amines) is 1. The molecule has 1 N–H and O–H groups in total. The fourth-order valence-corrected chi connectivity index (χ4v) is 3.10. The van der Waals surface area contributed by atoms with Gasteiger partial charge in [0.15, 0.2) is 18.2 Å².